The normalized spacial score (nSPS) is 18.7. The molecule has 3 aromatic carbocycles. The third-order valence-electron chi connectivity index (χ3n) is 12.1. The molecule has 0 bridgehead atoms. The summed E-state index contributed by atoms with van der Waals surface area (Å²) in [5.74, 6) is 0. The van der Waals surface area contributed by atoms with E-state index in [-0.39, 0.29) is 36.2 Å². The molecule has 12 amide bonds. The summed E-state index contributed by atoms with van der Waals surface area (Å²) in [7, 11) is 9.10. The number of rotatable bonds is 7. The van der Waals surface area contributed by atoms with Gasteiger partial charge >= 0.3 is 36.2 Å². The minimum Gasteiger partial charge on any atom is -0.326 e. The molecular weight excluding hydrogens is 865 g/mol. The SMILES string of the molecule is C=CN1CCN(C=C)C1=O.CC1CN(C)C(=O)N1C.CCN1CCN(CC)C1=O.CN1CCN(C)C1=O.CN1CCN(c2ccccc2)C1=O.O=C1N(c2ccccc2)CCN1c1ccccc1. The summed E-state index contributed by atoms with van der Waals surface area (Å²) in [6, 6.07) is 30.3. The van der Waals surface area contributed by atoms with Gasteiger partial charge in [-0.25, -0.2) is 28.8 Å². The van der Waals surface area contributed by atoms with Gasteiger partial charge in [0.15, 0.2) is 0 Å². The molecule has 1 unspecified atom stereocenters. The number of urea groups is 6. The lowest BCUT2D eigenvalue weighted by Crippen LogP contribution is -2.31. The van der Waals surface area contributed by atoms with Gasteiger partial charge in [-0.1, -0.05) is 67.8 Å². The summed E-state index contributed by atoms with van der Waals surface area (Å²) in [4.78, 5) is 88.8. The molecule has 9 rings (SSSR count). The average Bonchev–Trinajstić information content (AvgIpc) is 4.22. The third kappa shape index (κ3) is 14.1. The number of hydrogen-bond donors (Lipinski definition) is 0. The van der Waals surface area contributed by atoms with Crippen molar-refractivity contribution in [2.75, 3.05) is 135 Å². The van der Waals surface area contributed by atoms with Crippen molar-refractivity contribution in [1.82, 2.24) is 44.1 Å². The van der Waals surface area contributed by atoms with E-state index in [0.717, 1.165) is 89.1 Å². The molecule has 368 valence electrons. The van der Waals surface area contributed by atoms with Crippen molar-refractivity contribution in [3.05, 3.63) is 117 Å². The van der Waals surface area contributed by atoms with Gasteiger partial charge in [0.25, 0.3) is 0 Å². The first-order chi connectivity index (χ1) is 32.6. The lowest BCUT2D eigenvalue weighted by atomic mass is 10.3. The number of carbonyl (C=O) groups excluding carboxylic acids is 6. The number of carbonyl (C=O) groups is 6. The van der Waals surface area contributed by atoms with Gasteiger partial charge in [-0.2, -0.15) is 0 Å². The summed E-state index contributed by atoms with van der Waals surface area (Å²) in [5, 5.41) is 0. The van der Waals surface area contributed by atoms with Crippen LogP contribution in [0.3, 0.4) is 0 Å². The first kappa shape index (κ1) is 53.4. The van der Waals surface area contributed by atoms with E-state index in [9.17, 15) is 28.8 Å². The van der Waals surface area contributed by atoms with Crippen molar-refractivity contribution >= 4 is 53.2 Å². The molecule has 18 nitrogen and oxygen atoms in total. The Morgan fingerprint density at radius 3 is 1.01 bits per heavy atom. The zero-order valence-electron chi connectivity index (χ0n) is 41.3. The Bertz CT molecular complexity index is 2040. The van der Waals surface area contributed by atoms with Crippen molar-refractivity contribution in [2.45, 2.75) is 26.8 Å². The Morgan fingerprint density at radius 1 is 0.426 bits per heavy atom. The van der Waals surface area contributed by atoms with Crippen LogP contribution in [-0.4, -0.2) is 207 Å². The molecule has 1 atom stereocenters. The van der Waals surface area contributed by atoms with E-state index < -0.39 is 0 Å². The highest BCUT2D eigenvalue weighted by atomic mass is 16.2. The molecule has 6 aliphatic rings. The molecule has 6 heterocycles. The van der Waals surface area contributed by atoms with Crippen molar-refractivity contribution in [3.63, 3.8) is 0 Å². The second kappa shape index (κ2) is 26.2. The van der Waals surface area contributed by atoms with E-state index in [1.165, 1.54) is 12.4 Å². The quantitative estimate of drug-likeness (QED) is 0.255. The smallest absolute Gasteiger partial charge is 0.326 e. The summed E-state index contributed by atoms with van der Waals surface area (Å²) >= 11 is 0. The van der Waals surface area contributed by atoms with Crippen molar-refractivity contribution in [1.29, 1.82) is 0 Å². The van der Waals surface area contributed by atoms with Crippen LogP contribution < -0.4 is 14.7 Å². The van der Waals surface area contributed by atoms with Crippen LogP contribution in [0.4, 0.5) is 45.8 Å². The lowest BCUT2D eigenvalue weighted by molar-refractivity contribution is 0.195. The van der Waals surface area contributed by atoms with Crippen LogP contribution >= 0.6 is 0 Å². The summed E-state index contributed by atoms with van der Waals surface area (Å²) in [5.41, 5.74) is 2.90. The average molecular weight is 937 g/mol. The Morgan fingerprint density at radius 2 is 0.779 bits per heavy atom. The van der Waals surface area contributed by atoms with Crippen LogP contribution in [0.5, 0.6) is 0 Å². The second-order valence-corrected chi connectivity index (χ2v) is 16.7. The topological polar surface area (TPSA) is 141 Å². The first-order valence-corrected chi connectivity index (χ1v) is 23.1. The van der Waals surface area contributed by atoms with E-state index in [1.54, 1.807) is 39.2 Å². The van der Waals surface area contributed by atoms with E-state index in [0.29, 0.717) is 19.1 Å². The number of nitrogens with zero attached hydrogens (tertiary/aromatic N) is 12. The van der Waals surface area contributed by atoms with Gasteiger partial charge in [0.05, 0.1) is 0 Å². The van der Waals surface area contributed by atoms with E-state index in [4.69, 9.17) is 0 Å². The van der Waals surface area contributed by atoms with Gasteiger partial charge < -0.3 is 34.3 Å². The Hall–Kier alpha value is -7.24. The Balaban J connectivity index is 0.000000183. The number of amides is 12. The highest BCUT2D eigenvalue weighted by Crippen LogP contribution is 2.24. The van der Waals surface area contributed by atoms with Crippen LogP contribution in [0.25, 0.3) is 0 Å². The largest absolute Gasteiger partial charge is 0.329 e. The Kier molecular flexibility index (Phi) is 20.6. The van der Waals surface area contributed by atoms with E-state index in [1.807, 2.05) is 167 Å². The molecule has 3 aromatic rings. The van der Waals surface area contributed by atoms with E-state index >= 15 is 0 Å². The van der Waals surface area contributed by atoms with Crippen LogP contribution in [0.2, 0.25) is 0 Å². The van der Waals surface area contributed by atoms with Crippen LogP contribution in [0, 0.1) is 0 Å². The van der Waals surface area contributed by atoms with E-state index in [2.05, 4.69) is 13.2 Å². The number of likely N-dealkylation sites (N-methyl/N-ethyl adjacent to an activating group) is 7. The zero-order chi connectivity index (χ0) is 49.9. The number of benzene rings is 3. The molecule has 6 aliphatic heterocycles. The monoisotopic (exact) mass is 937 g/mol. The van der Waals surface area contributed by atoms with Crippen LogP contribution in [0.15, 0.2) is 117 Å². The third-order valence-corrected chi connectivity index (χ3v) is 12.1. The summed E-state index contributed by atoms with van der Waals surface area (Å²) in [6.07, 6.45) is 3.07. The first-order valence-electron chi connectivity index (χ1n) is 23.1. The van der Waals surface area contributed by atoms with Gasteiger partial charge in [-0.05, 0) is 57.2 Å². The van der Waals surface area contributed by atoms with Gasteiger partial charge in [0, 0.05) is 156 Å². The number of para-hydroxylation sites is 3. The number of anilines is 3. The predicted octanol–water partition coefficient (Wildman–Crippen LogP) is 6.82. The molecule has 0 spiro atoms. The molecule has 0 aliphatic carbocycles. The fourth-order valence-electron chi connectivity index (χ4n) is 7.69. The Labute approximate surface area is 403 Å². The minimum atomic E-state index is -0.0370. The van der Waals surface area contributed by atoms with Gasteiger partial charge in [-0.15, -0.1) is 0 Å². The molecule has 0 aromatic heterocycles. The molecule has 0 N–H and O–H groups in total. The number of hydrogen-bond acceptors (Lipinski definition) is 6. The molecule has 68 heavy (non-hydrogen) atoms. The van der Waals surface area contributed by atoms with Crippen LogP contribution in [-0.2, 0) is 0 Å². The summed E-state index contributed by atoms with van der Waals surface area (Å²) in [6.45, 7) is 23.7. The van der Waals surface area contributed by atoms with Gasteiger partial charge in [0.1, 0.15) is 0 Å². The molecule has 18 heteroatoms. The van der Waals surface area contributed by atoms with Crippen molar-refractivity contribution < 1.29 is 28.8 Å². The molecule has 0 saturated carbocycles. The van der Waals surface area contributed by atoms with Gasteiger partial charge in [-0.3, -0.25) is 24.5 Å². The van der Waals surface area contributed by atoms with Crippen LogP contribution in [0.1, 0.15) is 20.8 Å². The van der Waals surface area contributed by atoms with Gasteiger partial charge in [0.2, 0.25) is 0 Å². The molecule has 6 saturated heterocycles. The maximum atomic E-state index is 12.4. The lowest BCUT2D eigenvalue weighted by Gasteiger charge is -2.18. The zero-order valence-corrected chi connectivity index (χ0v) is 41.3. The minimum absolute atomic E-state index is 0.0370. The highest BCUT2D eigenvalue weighted by Gasteiger charge is 2.31. The second-order valence-electron chi connectivity index (χ2n) is 16.7. The summed E-state index contributed by atoms with van der Waals surface area (Å²) < 4.78 is 0. The molecule has 6 fully saturated rings. The molecular formula is C50H72N12O6. The standard InChI is InChI=1S/C15H14N2O.C10H12N2O.C7H14N2O.C7H10N2O.C6H12N2O.C5H10N2O/c18-15-16(13-7-3-1-4-8-13)11-12-17(15)14-9-5-2-6-10-14;1-11-7-8-12(10(11)13)9-5-3-2-4-6-9;2*1-3-8-5-6-9(4-2)7(8)10;1-5-4-7(2)6(9)8(5)3;1-6-3-4-7(2)5(6)8/h1-10H,11-12H2;2-6H,7-8H2,1H3;3-6H2,1-2H3;3-4H,1-2,5-6H2;5H,4H2,1-3H3;3-4H2,1-2H3. The van der Waals surface area contributed by atoms with Crippen molar-refractivity contribution in [2.24, 2.45) is 0 Å². The fraction of sp³-hybridized carbons (Fsp3) is 0.440. The van der Waals surface area contributed by atoms with Crippen molar-refractivity contribution in [3.8, 4) is 0 Å². The highest BCUT2D eigenvalue weighted by molar-refractivity contribution is 6.06. The maximum absolute atomic E-state index is 12.4. The fourth-order valence-corrected chi connectivity index (χ4v) is 7.69. The molecule has 0 radical (unpaired) electrons. The maximum Gasteiger partial charge on any atom is 0.329 e. The predicted molar refractivity (Wildman–Crippen MR) is 270 cm³/mol.